The highest BCUT2D eigenvalue weighted by molar-refractivity contribution is 14.0. The summed E-state index contributed by atoms with van der Waals surface area (Å²) in [5.74, 6) is 0.919. The molecule has 1 saturated heterocycles. The van der Waals surface area contributed by atoms with Crippen molar-refractivity contribution in [3.8, 4) is 0 Å². The zero-order valence-electron chi connectivity index (χ0n) is 14.9. The van der Waals surface area contributed by atoms with Gasteiger partial charge in [0.2, 0.25) is 0 Å². The molecule has 2 aromatic rings. The third kappa shape index (κ3) is 5.15. The number of aromatic nitrogens is 1. The number of halogens is 1. The average Bonchev–Trinajstić information content (AvgIpc) is 3.01. The second-order valence-corrected chi connectivity index (χ2v) is 7.23. The molecule has 0 saturated carbocycles. The summed E-state index contributed by atoms with van der Waals surface area (Å²) in [7, 11) is 1.83. The molecule has 0 aliphatic carbocycles. The molecular formula is C18H25IN4OS. The van der Waals surface area contributed by atoms with Gasteiger partial charge >= 0.3 is 0 Å². The van der Waals surface area contributed by atoms with E-state index >= 15 is 0 Å². The number of nitrogens with one attached hydrogen (secondary N) is 1. The molecule has 1 atom stereocenters. The fourth-order valence-electron chi connectivity index (χ4n) is 2.96. The van der Waals surface area contributed by atoms with Crippen molar-refractivity contribution in [1.82, 2.24) is 15.2 Å². The quantitative estimate of drug-likeness (QED) is 0.422. The molecule has 1 aromatic heterocycles. The van der Waals surface area contributed by atoms with E-state index < -0.39 is 0 Å². The molecule has 7 heteroatoms. The van der Waals surface area contributed by atoms with E-state index in [9.17, 15) is 0 Å². The number of hydrogen-bond acceptors (Lipinski definition) is 4. The summed E-state index contributed by atoms with van der Waals surface area (Å²) in [5, 5.41) is 4.54. The summed E-state index contributed by atoms with van der Waals surface area (Å²) in [4.78, 5) is 12.2. The first-order valence-electron chi connectivity index (χ1n) is 8.21. The Morgan fingerprint density at radius 2 is 2.20 bits per heavy atom. The maximum atomic E-state index is 6.00. The molecule has 1 aliphatic heterocycles. The summed E-state index contributed by atoms with van der Waals surface area (Å²) in [5.41, 5.74) is 2.53. The molecule has 1 aromatic carbocycles. The second-order valence-electron chi connectivity index (χ2n) is 5.91. The minimum Gasteiger partial charge on any atom is -0.370 e. The first-order chi connectivity index (χ1) is 11.7. The Morgan fingerprint density at radius 3 is 2.88 bits per heavy atom. The van der Waals surface area contributed by atoms with Gasteiger partial charge in [0.15, 0.2) is 5.96 Å². The van der Waals surface area contributed by atoms with E-state index in [2.05, 4.69) is 51.4 Å². The van der Waals surface area contributed by atoms with Crippen LogP contribution >= 0.6 is 35.3 Å². The van der Waals surface area contributed by atoms with Crippen LogP contribution in [0.3, 0.4) is 0 Å². The van der Waals surface area contributed by atoms with Crippen molar-refractivity contribution in [1.29, 1.82) is 0 Å². The van der Waals surface area contributed by atoms with Crippen LogP contribution in [0.4, 0.5) is 0 Å². The van der Waals surface area contributed by atoms with Crippen LogP contribution in [0.15, 0.2) is 35.5 Å². The number of aliphatic imine (C=N–C) groups is 1. The van der Waals surface area contributed by atoms with E-state index in [1.54, 1.807) is 11.3 Å². The van der Waals surface area contributed by atoms with Gasteiger partial charge in [-0.1, -0.05) is 24.3 Å². The Bertz CT molecular complexity index is 719. The molecule has 0 radical (unpaired) electrons. The molecule has 1 N–H and O–H groups in total. The van der Waals surface area contributed by atoms with E-state index in [0.717, 1.165) is 30.6 Å². The summed E-state index contributed by atoms with van der Waals surface area (Å²) in [6.45, 7) is 7.29. The van der Waals surface area contributed by atoms with Crippen LogP contribution < -0.4 is 5.32 Å². The van der Waals surface area contributed by atoms with Crippen LogP contribution in [-0.4, -0.2) is 42.6 Å². The number of morpholine rings is 1. The topological polar surface area (TPSA) is 49.8 Å². The number of ether oxygens (including phenoxy) is 1. The Labute approximate surface area is 170 Å². The maximum absolute atomic E-state index is 6.00. The van der Waals surface area contributed by atoms with Crippen LogP contribution in [0, 0.1) is 13.8 Å². The number of guanidine groups is 1. The number of hydrogen-bond donors (Lipinski definition) is 1. The van der Waals surface area contributed by atoms with Gasteiger partial charge in [0.1, 0.15) is 6.10 Å². The van der Waals surface area contributed by atoms with Gasteiger partial charge in [-0.25, -0.2) is 4.98 Å². The van der Waals surface area contributed by atoms with Crippen molar-refractivity contribution in [2.24, 2.45) is 4.99 Å². The Kier molecular flexibility index (Phi) is 7.64. The monoisotopic (exact) mass is 472 g/mol. The molecule has 3 rings (SSSR count). The van der Waals surface area contributed by atoms with Gasteiger partial charge in [-0.3, -0.25) is 4.99 Å². The smallest absolute Gasteiger partial charge is 0.194 e. The molecule has 0 amide bonds. The molecular weight excluding hydrogens is 447 g/mol. The first kappa shape index (κ1) is 20.1. The van der Waals surface area contributed by atoms with Gasteiger partial charge in [0.05, 0.1) is 24.7 Å². The normalized spacial score (nSPS) is 18.0. The van der Waals surface area contributed by atoms with Crippen LogP contribution in [0.25, 0.3) is 0 Å². The minimum absolute atomic E-state index is 0. The Morgan fingerprint density at radius 1 is 1.40 bits per heavy atom. The van der Waals surface area contributed by atoms with E-state index in [1.165, 1.54) is 16.0 Å². The Hall–Kier alpha value is -1.19. The second kappa shape index (κ2) is 9.49. The predicted molar refractivity (Wildman–Crippen MR) is 114 cm³/mol. The van der Waals surface area contributed by atoms with Crippen LogP contribution in [-0.2, 0) is 11.3 Å². The molecule has 5 nitrogen and oxygen atoms in total. The average molecular weight is 472 g/mol. The fourth-order valence-corrected chi connectivity index (χ4v) is 3.70. The van der Waals surface area contributed by atoms with Gasteiger partial charge < -0.3 is 15.0 Å². The van der Waals surface area contributed by atoms with Gasteiger partial charge in [-0.15, -0.1) is 35.3 Å². The molecule has 1 fully saturated rings. The van der Waals surface area contributed by atoms with E-state index in [-0.39, 0.29) is 30.1 Å². The number of rotatable bonds is 3. The lowest BCUT2D eigenvalue weighted by atomic mass is 10.0. The van der Waals surface area contributed by atoms with E-state index in [0.29, 0.717) is 6.61 Å². The highest BCUT2D eigenvalue weighted by atomic mass is 127. The SMILES string of the molecule is CN=C(NCc1cnc(C)s1)N1CCOC(c2ccccc2C)C1.I. The van der Waals surface area contributed by atoms with Crippen molar-refractivity contribution in [3.05, 3.63) is 51.5 Å². The fraction of sp³-hybridized carbons (Fsp3) is 0.444. The van der Waals surface area contributed by atoms with Gasteiger partial charge in [-0.2, -0.15) is 0 Å². The van der Waals surface area contributed by atoms with Gasteiger partial charge in [-0.05, 0) is 25.0 Å². The number of nitrogens with zero attached hydrogens (tertiary/aromatic N) is 3. The third-order valence-electron chi connectivity index (χ3n) is 4.20. The first-order valence-corrected chi connectivity index (χ1v) is 9.03. The lowest BCUT2D eigenvalue weighted by Crippen LogP contribution is -2.48. The molecule has 1 unspecified atom stereocenters. The standard InChI is InChI=1S/C18H24N4OS.HI/c1-13-6-4-5-7-16(13)17-12-22(8-9-23-17)18(19-3)21-11-15-10-20-14(2)24-15;/h4-7,10,17H,8-9,11-12H2,1-3H3,(H,19,21);1H. The molecule has 136 valence electrons. The summed E-state index contributed by atoms with van der Waals surface area (Å²) < 4.78 is 6.00. The molecule has 25 heavy (non-hydrogen) atoms. The van der Waals surface area contributed by atoms with Gasteiger partial charge in [0, 0.05) is 24.7 Å². The molecule has 0 spiro atoms. The van der Waals surface area contributed by atoms with Crippen molar-refractivity contribution in [3.63, 3.8) is 0 Å². The van der Waals surface area contributed by atoms with Crippen LogP contribution in [0.2, 0.25) is 0 Å². The maximum Gasteiger partial charge on any atom is 0.194 e. The summed E-state index contributed by atoms with van der Waals surface area (Å²) in [6, 6.07) is 8.43. The predicted octanol–water partition coefficient (Wildman–Crippen LogP) is 3.53. The van der Waals surface area contributed by atoms with Crippen molar-refractivity contribution in [2.45, 2.75) is 26.5 Å². The largest absolute Gasteiger partial charge is 0.370 e. The Balaban J connectivity index is 0.00000225. The number of benzene rings is 1. The number of thiazole rings is 1. The summed E-state index contributed by atoms with van der Waals surface area (Å²) in [6.07, 6.45) is 2.01. The lowest BCUT2D eigenvalue weighted by Gasteiger charge is -2.35. The number of aryl methyl sites for hydroxylation is 2. The van der Waals surface area contributed by atoms with E-state index in [4.69, 9.17) is 4.74 Å². The highest BCUT2D eigenvalue weighted by Gasteiger charge is 2.25. The highest BCUT2D eigenvalue weighted by Crippen LogP contribution is 2.25. The van der Waals surface area contributed by atoms with Gasteiger partial charge in [0.25, 0.3) is 0 Å². The zero-order valence-corrected chi connectivity index (χ0v) is 18.0. The molecule has 2 heterocycles. The van der Waals surface area contributed by atoms with Crippen molar-refractivity contribution < 1.29 is 4.74 Å². The van der Waals surface area contributed by atoms with Crippen molar-refractivity contribution >= 4 is 41.3 Å². The van der Waals surface area contributed by atoms with Crippen LogP contribution in [0.1, 0.15) is 27.1 Å². The van der Waals surface area contributed by atoms with E-state index in [1.807, 2.05) is 20.2 Å². The minimum atomic E-state index is 0. The zero-order chi connectivity index (χ0) is 16.9. The van der Waals surface area contributed by atoms with Crippen molar-refractivity contribution in [2.75, 3.05) is 26.7 Å². The third-order valence-corrected chi connectivity index (χ3v) is 5.12. The lowest BCUT2D eigenvalue weighted by molar-refractivity contribution is -0.00833. The molecule has 1 aliphatic rings. The molecule has 0 bridgehead atoms. The van der Waals surface area contributed by atoms with Crippen LogP contribution in [0.5, 0.6) is 0 Å². The summed E-state index contributed by atoms with van der Waals surface area (Å²) >= 11 is 1.71.